The zero-order chi connectivity index (χ0) is 32.6. The Kier molecular flexibility index (Phi) is 11.5. The third-order valence-electron chi connectivity index (χ3n) is 8.46. The second-order valence-corrected chi connectivity index (χ2v) is 12.2. The maximum Gasteiger partial charge on any atom is 0.249 e. The first-order valence-corrected chi connectivity index (χ1v) is 15.8. The topological polar surface area (TPSA) is 108 Å². The van der Waals surface area contributed by atoms with Gasteiger partial charge in [0.2, 0.25) is 11.8 Å². The minimum atomic E-state index is -1.61. The van der Waals surface area contributed by atoms with E-state index in [1.807, 2.05) is 38.1 Å². The number of benzene rings is 2. The van der Waals surface area contributed by atoms with Gasteiger partial charge in [0, 0.05) is 61.0 Å². The van der Waals surface area contributed by atoms with Crippen molar-refractivity contribution >= 4 is 17.5 Å². The predicted molar refractivity (Wildman–Crippen MR) is 173 cm³/mol. The smallest absolute Gasteiger partial charge is 0.249 e. The Hall–Kier alpha value is -4.00. The first-order chi connectivity index (χ1) is 21.6. The van der Waals surface area contributed by atoms with Crippen LogP contribution < -0.4 is 16.4 Å². The molecule has 0 saturated heterocycles. The van der Waals surface area contributed by atoms with Crippen LogP contribution in [0.4, 0.5) is 14.5 Å². The highest BCUT2D eigenvalue weighted by molar-refractivity contribution is 5.97. The number of primary amides is 1. The van der Waals surface area contributed by atoms with Crippen LogP contribution in [0.3, 0.4) is 0 Å². The van der Waals surface area contributed by atoms with E-state index in [0.29, 0.717) is 31.2 Å². The average molecular weight is 619 g/mol. The molecule has 9 heteroatoms. The Morgan fingerprint density at radius 1 is 1.11 bits per heavy atom. The van der Waals surface area contributed by atoms with Crippen molar-refractivity contribution in [2.24, 2.45) is 17.1 Å². The van der Waals surface area contributed by atoms with Gasteiger partial charge >= 0.3 is 0 Å². The number of rotatable bonds is 16. The van der Waals surface area contributed by atoms with Crippen LogP contribution in [0.25, 0.3) is 0 Å². The fourth-order valence-corrected chi connectivity index (χ4v) is 6.17. The van der Waals surface area contributed by atoms with E-state index < -0.39 is 35.0 Å². The summed E-state index contributed by atoms with van der Waals surface area (Å²) in [5.41, 5.74) is 7.36. The monoisotopic (exact) mass is 618 g/mol. The van der Waals surface area contributed by atoms with E-state index >= 15 is 0 Å². The molecule has 0 radical (unpaired) electrons. The van der Waals surface area contributed by atoms with Crippen LogP contribution in [0.5, 0.6) is 0 Å². The maximum atomic E-state index is 14.3. The van der Waals surface area contributed by atoms with Gasteiger partial charge < -0.3 is 26.4 Å². The highest BCUT2D eigenvalue weighted by atomic mass is 19.1. The van der Waals surface area contributed by atoms with Gasteiger partial charge in [-0.25, -0.2) is 8.78 Å². The summed E-state index contributed by atoms with van der Waals surface area (Å²) < 4.78 is 28.6. The predicted octanol–water partition coefficient (Wildman–Crippen LogP) is 4.86. The molecule has 2 amide bonds. The maximum absolute atomic E-state index is 14.3. The Morgan fingerprint density at radius 3 is 2.40 bits per heavy atom. The van der Waals surface area contributed by atoms with Crippen LogP contribution in [0.1, 0.15) is 57.1 Å². The molecule has 0 aromatic heterocycles. The number of allylic oxidation sites excluding steroid dienone is 2. The van der Waals surface area contributed by atoms with E-state index in [1.54, 1.807) is 11.0 Å². The molecule has 2 aliphatic rings. The minimum Gasteiger partial charge on any atom is -0.391 e. The van der Waals surface area contributed by atoms with E-state index in [2.05, 4.69) is 16.6 Å². The number of aliphatic hydroxyl groups excluding tert-OH is 1. The summed E-state index contributed by atoms with van der Waals surface area (Å²) in [6.45, 7) is 5.48. The van der Waals surface area contributed by atoms with Gasteiger partial charge in [0.05, 0.1) is 11.5 Å². The molecule has 0 heterocycles. The molecule has 45 heavy (non-hydrogen) atoms. The second kappa shape index (κ2) is 15.3. The number of hydrogen-bond acceptors (Lipinski definition) is 5. The number of aliphatic hydroxyl groups is 1. The number of hydrogen-bond donors (Lipinski definition) is 4. The lowest BCUT2D eigenvalue weighted by molar-refractivity contribution is -0.132. The lowest BCUT2D eigenvalue weighted by Gasteiger charge is -2.41. The van der Waals surface area contributed by atoms with Crippen LogP contribution in [0.2, 0.25) is 0 Å². The Morgan fingerprint density at radius 2 is 1.80 bits per heavy atom. The van der Waals surface area contributed by atoms with E-state index in [4.69, 9.17) is 12.2 Å². The molecule has 2 aliphatic carbocycles. The Bertz CT molecular complexity index is 1450. The van der Waals surface area contributed by atoms with Crippen molar-refractivity contribution in [1.29, 1.82) is 0 Å². The summed E-state index contributed by atoms with van der Waals surface area (Å²) in [5.74, 6) is -1.03. The van der Waals surface area contributed by atoms with Crippen LogP contribution in [0, 0.1) is 35.3 Å². The third-order valence-corrected chi connectivity index (χ3v) is 8.46. The number of amides is 2. The summed E-state index contributed by atoms with van der Waals surface area (Å²) in [6.07, 6.45) is 11.3. The summed E-state index contributed by atoms with van der Waals surface area (Å²) in [6, 6.07) is 11.6. The number of halogens is 2. The number of nitrogens with two attached hydrogens (primary N) is 1. The van der Waals surface area contributed by atoms with Crippen LogP contribution in [0.15, 0.2) is 65.8 Å². The van der Waals surface area contributed by atoms with E-state index in [9.17, 15) is 23.5 Å². The van der Waals surface area contributed by atoms with Crippen LogP contribution >= 0.6 is 0 Å². The molecule has 1 saturated carbocycles. The van der Waals surface area contributed by atoms with Crippen molar-refractivity contribution < 1.29 is 23.5 Å². The van der Waals surface area contributed by atoms with Gasteiger partial charge in [-0.1, -0.05) is 38.0 Å². The SMILES string of the molecule is C#CC1=CC(C(N)=O)([C@H](Cc2cc(F)cc(F)c2)[C@@H](O)CNCc2cccc(NC3CC3)c2)CC(C(=O)N(CCC)CCC)=C1. The van der Waals surface area contributed by atoms with E-state index in [1.165, 1.54) is 18.2 Å². The highest BCUT2D eigenvalue weighted by Crippen LogP contribution is 2.44. The fourth-order valence-electron chi connectivity index (χ4n) is 6.17. The number of nitrogens with one attached hydrogen (secondary N) is 2. The largest absolute Gasteiger partial charge is 0.391 e. The third kappa shape index (κ3) is 8.80. The summed E-state index contributed by atoms with van der Waals surface area (Å²) >= 11 is 0. The molecule has 1 fully saturated rings. The Labute approximate surface area is 265 Å². The van der Waals surface area contributed by atoms with E-state index in [-0.39, 0.29) is 36.4 Å². The fraction of sp³-hybridized carbons (Fsp3) is 0.444. The first-order valence-electron chi connectivity index (χ1n) is 15.8. The van der Waals surface area contributed by atoms with Gasteiger partial charge in [-0.05, 0) is 80.0 Å². The number of terminal acetylenes is 1. The average Bonchev–Trinajstić information content (AvgIpc) is 3.82. The van der Waals surface area contributed by atoms with Crippen molar-refractivity contribution in [2.45, 2.75) is 71.1 Å². The molecular formula is C36H44F2N4O3. The van der Waals surface area contributed by atoms with Gasteiger partial charge in [-0.3, -0.25) is 9.59 Å². The zero-order valence-electron chi connectivity index (χ0n) is 26.1. The first kappa shape index (κ1) is 33.9. The second-order valence-electron chi connectivity index (χ2n) is 12.2. The lowest BCUT2D eigenvalue weighted by Crippen LogP contribution is -2.51. The van der Waals surface area contributed by atoms with Crippen molar-refractivity contribution in [2.75, 3.05) is 25.0 Å². The van der Waals surface area contributed by atoms with Gasteiger partial charge in [0.1, 0.15) is 11.6 Å². The molecule has 0 spiro atoms. The molecule has 5 N–H and O–H groups in total. The normalized spacial score (nSPS) is 19.1. The van der Waals surface area contributed by atoms with Gasteiger partial charge in [-0.2, -0.15) is 0 Å². The lowest BCUT2D eigenvalue weighted by atomic mass is 9.63. The molecule has 3 atom stereocenters. The van der Waals surface area contributed by atoms with Gasteiger partial charge in [0.25, 0.3) is 0 Å². The van der Waals surface area contributed by atoms with Gasteiger partial charge in [-0.15, -0.1) is 6.42 Å². The van der Waals surface area contributed by atoms with Crippen LogP contribution in [-0.2, 0) is 22.6 Å². The zero-order valence-corrected chi connectivity index (χ0v) is 26.1. The van der Waals surface area contributed by atoms with Gasteiger partial charge in [0.15, 0.2) is 0 Å². The molecular weight excluding hydrogens is 574 g/mol. The standard InChI is InChI=1S/C36H44F2N4O3/c1-4-12-42(13-5-2)34(44)27-14-24(6-3)20-36(21-27,35(39)45)32(18-26-15-28(37)19-29(38)16-26)33(43)23-40-22-25-8-7-9-31(17-25)41-30-10-11-30/h3,7-9,14-17,19-20,30,32-33,40-41,43H,4-5,10-13,18,21-23H2,1-2H3,(H2,39,45)/t32-,33+,36?/m1/s1. The van der Waals surface area contributed by atoms with Crippen molar-refractivity contribution in [3.8, 4) is 12.3 Å². The van der Waals surface area contributed by atoms with Crippen molar-refractivity contribution in [1.82, 2.24) is 10.2 Å². The summed E-state index contributed by atoms with van der Waals surface area (Å²) in [4.78, 5) is 29.0. The highest BCUT2D eigenvalue weighted by Gasteiger charge is 2.49. The van der Waals surface area contributed by atoms with Crippen LogP contribution in [-0.4, -0.2) is 53.6 Å². The molecule has 1 unspecified atom stereocenters. The van der Waals surface area contributed by atoms with Crippen molar-refractivity contribution in [3.63, 3.8) is 0 Å². The number of nitrogens with zero attached hydrogens (tertiary/aromatic N) is 1. The molecule has 0 bridgehead atoms. The van der Waals surface area contributed by atoms with Crippen molar-refractivity contribution in [3.05, 3.63) is 88.5 Å². The minimum absolute atomic E-state index is 0.0434. The summed E-state index contributed by atoms with van der Waals surface area (Å²) in [5, 5.41) is 18.5. The van der Waals surface area contributed by atoms with E-state index in [0.717, 1.165) is 43.0 Å². The summed E-state index contributed by atoms with van der Waals surface area (Å²) in [7, 11) is 0. The molecule has 240 valence electrons. The number of carbonyl (C=O) groups excluding carboxylic acids is 2. The number of anilines is 1. The molecule has 2 aromatic carbocycles. The molecule has 0 aliphatic heterocycles. The Balaban J connectivity index is 1.65. The quantitative estimate of drug-likeness (QED) is 0.201. The number of carbonyl (C=O) groups is 2. The molecule has 2 aromatic rings. The molecule has 4 rings (SSSR count). The molecule has 7 nitrogen and oxygen atoms in total.